The van der Waals surface area contributed by atoms with Gasteiger partial charge < -0.3 is 28.6 Å². The highest BCUT2D eigenvalue weighted by Gasteiger charge is 2.48. The molecule has 6 nitrogen and oxygen atoms in total. The van der Waals surface area contributed by atoms with E-state index < -0.39 is 0 Å². The molecular formula is C66H41B2N5OS. The molecule has 0 saturated heterocycles. The molecule has 0 atom stereocenters. The molecule has 13 aromatic rings. The summed E-state index contributed by atoms with van der Waals surface area (Å²) in [6.45, 7) is -0.226. The SMILES string of the molecule is c1ccc(N2c3ccccc3B3c4cc5c(cc4N(c4ccccc4)c4cc(-n6ccc7ccccc76)cc2c43)Oc2cc(-n3ccc4ccccc43)cc3c2B5c2c(sc4ccccc24)N3c2ccccc2)cc1. The maximum atomic E-state index is 7.61. The summed E-state index contributed by atoms with van der Waals surface area (Å²) in [5, 5.41) is 4.90. The molecule has 0 fully saturated rings. The summed E-state index contributed by atoms with van der Waals surface area (Å²) in [7, 11) is 0. The zero-order valence-corrected chi connectivity index (χ0v) is 41.2. The van der Waals surface area contributed by atoms with Crippen molar-refractivity contribution < 1.29 is 4.74 Å². The van der Waals surface area contributed by atoms with Crippen LogP contribution in [0.4, 0.5) is 50.5 Å². The van der Waals surface area contributed by atoms with Crippen LogP contribution in [-0.4, -0.2) is 22.6 Å². The number of hydrogen-bond acceptors (Lipinski definition) is 5. The van der Waals surface area contributed by atoms with Crippen LogP contribution in [0, 0.1) is 0 Å². The van der Waals surface area contributed by atoms with Crippen LogP contribution in [0.5, 0.6) is 11.5 Å². The standard InChI is InChI=1S/C66H41B2N5OS/c1-4-20-44(21-5-1)71-55-30-16-13-27-50(55)67-51-40-52-60(41-56(51)72(45-22-6-2-7-23-45)58-37-47(36-57(71)64(58)67)69-34-32-42-18-10-14-28-53(42)69)74-61-39-48(70-35-33-43-19-11-15-29-54(43)70)38-59-65(61)68(52)63-49-26-12-17-31-62(49)75-66(63)73(59)46-24-8-3-9-25-46/h1-41H. The van der Waals surface area contributed by atoms with Crippen LogP contribution in [0.1, 0.15) is 0 Å². The second-order valence-corrected chi connectivity index (χ2v) is 21.1. The van der Waals surface area contributed by atoms with E-state index in [0.717, 1.165) is 73.7 Å². The van der Waals surface area contributed by atoms with Crippen molar-refractivity contribution in [3.63, 3.8) is 0 Å². The molecule has 0 saturated carbocycles. The predicted molar refractivity (Wildman–Crippen MR) is 315 cm³/mol. The van der Waals surface area contributed by atoms with Crippen LogP contribution in [0.3, 0.4) is 0 Å². The largest absolute Gasteiger partial charge is 0.458 e. The molecule has 4 aliphatic heterocycles. The van der Waals surface area contributed by atoms with Crippen molar-refractivity contribution in [2.45, 2.75) is 0 Å². The fourth-order valence-electron chi connectivity index (χ4n) is 13.1. The van der Waals surface area contributed by atoms with Crippen molar-refractivity contribution in [3.05, 3.63) is 249 Å². The van der Waals surface area contributed by atoms with Crippen LogP contribution in [0.2, 0.25) is 0 Å². The van der Waals surface area contributed by atoms with Gasteiger partial charge in [-0.3, -0.25) is 0 Å². The van der Waals surface area contributed by atoms with Gasteiger partial charge in [-0.05, 0) is 140 Å². The minimum atomic E-state index is -0.124. The van der Waals surface area contributed by atoms with E-state index in [0.29, 0.717) is 0 Å². The Bertz CT molecular complexity index is 4510. The van der Waals surface area contributed by atoms with Gasteiger partial charge in [0.2, 0.25) is 0 Å². The Kier molecular flexibility index (Phi) is 8.51. The fraction of sp³-hybridized carbons (Fsp3) is 0. The number of ether oxygens (including phenoxy) is 1. The van der Waals surface area contributed by atoms with Crippen molar-refractivity contribution in [3.8, 4) is 22.9 Å². The third-order valence-electron chi connectivity index (χ3n) is 16.2. The summed E-state index contributed by atoms with van der Waals surface area (Å²) in [5.74, 6) is 1.74. The molecule has 348 valence electrons. The maximum absolute atomic E-state index is 7.61. The third kappa shape index (κ3) is 5.81. The third-order valence-corrected chi connectivity index (χ3v) is 17.3. The number of hydrogen-bond donors (Lipinski definition) is 0. The fourth-order valence-corrected chi connectivity index (χ4v) is 14.3. The lowest BCUT2D eigenvalue weighted by Crippen LogP contribution is -2.64. The van der Waals surface area contributed by atoms with Crippen LogP contribution >= 0.6 is 11.3 Å². The van der Waals surface area contributed by atoms with Gasteiger partial charge in [0.1, 0.15) is 11.5 Å². The molecule has 0 aliphatic carbocycles. The monoisotopic (exact) mass is 973 g/mol. The minimum absolute atomic E-state index is 0.102. The summed E-state index contributed by atoms with van der Waals surface area (Å²) in [6.07, 6.45) is 4.41. The van der Waals surface area contributed by atoms with Crippen LogP contribution in [0.15, 0.2) is 249 Å². The second-order valence-electron chi connectivity index (χ2n) is 20.1. The first-order valence-electron chi connectivity index (χ1n) is 25.7. The average Bonchev–Trinajstić information content (AvgIpc) is 4.30. The van der Waals surface area contributed by atoms with Gasteiger partial charge >= 0.3 is 0 Å². The number of fused-ring (bicyclic) bond motifs is 12. The first kappa shape index (κ1) is 41.1. The van der Waals surface area contributed by atoms with E-state index in [1.807, 2.05) is 11.3 Å². The molecule has 3 aromatic heterocycles. The van der Waals surface area contributed by atoms with Crippen molar-refractivity contribution >= 4 is 140 Å². The summed E-state index contributed by atoms with van der Waals surface area (Å²) >= 11 is 1.88. The molecule has 75 heavy (non-hydrogen) atoms. The molecule has 0 bridgehead atoms. The number of para-hydroxylation sites is 6. The van der Waals surface area contributed by atoms with Gasteiger partial charge in [-0.25, -0.2) is 0 Å². The summed E-state index contributed by atoms with van der Waals surface area (Å²) in [5.41, 5.74) is 21.0. The Labute approximate surface area is 437 Å². The highest BCUT2D eigenvalue weighted by molar-refractivity contribution is 7.26. The molecule has 0 amide bonds. The number of benzene rings is 10. The van der Waals surface area contributed by atoms with Crippen molar-refractivity contribution in [1.82, 2.24) is 9.13 Å². The van der Waals surface area contributed by atoms with Gasteiger partial charge in [0.25, 0.3) is 13.4 Å². The Morgan fingerprint density at radius 1 is 0.333 bits per heavy atom. The molecule has 10 aromatic carbocycles. The molecule has 7 heterocycles. The zero-order valence-electron chi connectivity index (χ0n) is 40.4. The van der Waals surface area contributed by atoms with Crippen molar-refractivity contribution in [1.29, 1.82) is 0 Å². The normalized spacial score (nSPS) is 13.6. The van der Waals surface area contributed by atoms with E-state index in [2.05, 4.69) is 273 Å². The van der Waals surface area contributed by atoms with Crippen LogP contribution < -0.4 is 52.2 Å². The molecule has 0 spiro atoms. The number of thiophene rings is 1. The van der Waals surface area contributed by atoms with Crippen LogP contribution in [0.25, 0.3) is 43.3 Å². The van der Waals surface area contributed by atoms with E-state index >= 15 is 0 Å². The van der Waals surface area contributed by atoms with E-state index in [9.17, 15) is 0 Å². The Morgan fingerprint density at radius 3 is 1.53 bits per heavy atom. The van der Waals surface area contributed by atoms with Gasteiger partial charge in [-0.1, -0.05) is 133 Å². The summed E-state index contributed by atoms with van der Waals surface area (Å²) in [6, 6.07) is 87.0. The summed E-state index contributed by atoms with van der Waals surface area (Å²) < 4.78 is 13.5. The number of aromatic nitrogens is 2. The highest BCUT2D eigenvalue weighted by atomic mass is 32.1. The predicted octanol–water partition coefficient (Wildman–Crippen LogP) is 13.3. The van der Waals surface area contributed by atoms with E-state index in [1.165, 1.54) is 64.3 Å². The lowest BCUT2D eigenvalue weighted by Gasteiger charge is -2.45. The minimum Gasteiger partial charge on any atom is -0.458 e. The van der Waals surface area contributed by atoms with E-state index in [1.54, 1.807) is 0 Å². The average molecular weight is 974 g/mol. The van der Waals surface area contributed by atoms with Crippen molar-refractivity contribution in [2.24, 2.45) is 0 Å². The highest BCUT2D eigenvalue weighted by Crippen LogP contribution is 2.50. The quantitative estimate of drug-likeness (QED) is 0.161. The first-order valence-corrected chi connectivity index (χ1v) is 26.5. The summed E-state index contributed by atoms with van der Waals surface area (Å²) in [4.78, 5) is 7.50. The van der Waals surface area contributed by atoms with Crippen LogP contribution in [-0.2, 0) is 0 Å². The zero-order chi connectivity index (χ0) is 48.9. The number of anilines is 9. The Balaban J connectivity index is 0.973. The van der Waals surface area contributed by atoms with Gasteiger partial charge in [0.15, 0.2) is 0 Å². The smallest absolute Gasteiger partial charge is 0.258 e. The molecule has 0 N–H and O–H groups in total. The molecule has 0 radical (unpaired) electrons. The topological polar surface area (TPSA) is 28.8 Å². The van der Waals surface area contributed by atoms with E-state index in [-0.39, 0.29) is 13.4 Å². The Morgan fingerprint density at radius 2 is 0.867 bits per heavy atom. The van der Waals surface area contributed by atoms with Crippen molar-refractivity contribution in [2.75, 3.05) is 14.7 Å². The second kappa shape index (κ2) is 15.5. The molecule has 0 unspecified atom stereocenters. The van der Waals surface area contributed by atoms with Gasteiger partial charge in [0.05, 0.1) is 21.7 Å². The lowest BCUT2D eigenvalue weighted by molar-refractivity contribution is 0.487. The molecule has 4 aliphatic rings. The first-order chi connectivity index (χ1) is 37.2. The lowest BCUT2D eigenvalue weighted by atomic mass is 9.30. The number of rotatable bonds is 5. The molecule has 17 rings (SSSR count). The number of nitrogens with zero attached hydrogens (tertiary/aromatic N) is 5. The Hall–Kier alpha value is -9.43. The maximum Gasteiger partial charge on any atom is 0.258 e. The van der Waals surface area contributed by atoms with Gasteiger partial charge in [-0.15, -0.1) is 11.3 Å². The molecule has 9 heteroatoms. The van der Waals surface area contributed by atoms with Gasteiger partial charge in [0, 0.05) is 80.4 Å². The molecular weight excluding hydrogens is 932 g/mol. The van der Waals surface area contributed by atoms with Gasteiger partial charge in [-0.2, -0.15) is 0 Å². The van der Waals surface area contributed by atoms with E-state index in [4.69, 9.17) is 4.74 Å².